The molecule has 6 nitrogen and oxygen atoms in total. The van der Waals surface area contributed by atoms with Gasteiger partial charge >= 0.3 is 0 Å². The van der Waals surface area contributed by atoms with Crippen molar-refractivity contribution in [1.82, 2.24) is 20.4 Å². The van der Waals surface area contributed by atoms with Gasteiger partial charge in [-0.3, -0.25) is 9.59 Å². The molecule has 0 aromatic carbocycles. The van der Waals surface area contributed by atoms with Gasteiger partial charge in [0.2, 0.25) is 11.8 Å². The molecule has 1 aliphatic heterocycles. The SMILES string of the molecule is CCNC(=O)C1CNCCN1C(=O)CN(C)C. The van der Waals surface area contributed by atoms with Crippen LogP contribution in [0.5, 0.6) is 0 Å². The Balaban J connectivity index is 2.65. The van der Waals surface area contributed by atoms with Gasteiger partial charge in [0.1, 0.15) is 6.04 Å². The summed E-state index contributed by atoms with van der Waals surface area (Å²) in [5.41, 5.74) is 0. The highest BCUT2D eigenvalue weighted by Gasteiger charge is 2.31. The third kappa shape index (κ3) is 3.98. The molecule has 0 aliphatic carbocycles. The Morgan fingerprint density at radius 1 is 1.47 bits per heavy atom. The van der Waals surface area contributed by atoms with Crippen LogP contribution in [-0.2, 0) is 9.59 Å². The van der Waals surface area contributed by atoms with Crippen molar-refractivity contribution < 1.29 is 9.59 Å². The number of carbonyl (C=O) groups is 2. The zero-order chi connectivity index (χ0) is 12.8. The van der Waals surface area contributed by atoms with Crippen molar-refractivity contribution in [1.29, 1.82) is 0 Å². The van der Waals surface area contributed by atoms with E-state index in [0.717, 1.165) is 6.54 Å². The quantitative estimate of drug-likeness (QED) is 0.629. The second kappa shape index (κ2) is 6.56. The molecule has 1 heterocycles. The van der Waals surface area contributed by atoms with Gasteiger partial charge in [-0.05, 0) is 21.0 Å². The maximum Gasteiger partial charge on any atom is 0.244 e. The number of hydrogen-bond donors (Lipinski definition) is 2. The van der Waals surface area contributed by atoms with Gasteiger partial charge in [-0.15, -0.1) is 0 Å². The minimum absolute atomic E-state index is 0.00718. The standard InChI is InChI=1S/C11H22N4O2/c1-4-13-11(17)9-7-12-5-6-15(9)10(16)8-14(2)3/h9,12H,4-8H2,1-3H3,(H,13,17). The van der Waals surface area contributed by atoms with Crippen LogP contribution < -0.4 is 10.6 Å². The molecule has 0 bridgehead atoms. The van der Waals surface area contributed by atoms with E-state index in [1.165, 1.54) is 0 Å². The molecule has 2 N–H and O–H groups in total. The summed E-state index contributed by atoms with van der Waals surface area (Å²) in [6, 6.07) is -0.379. The molecule has 2 amide bonds. The Bertz CT molecular complexity index is 281. The fraction of sp³-hybridized carbons (Fsp3) is 0.818. The van der Waals surface area contributed by atoms with E-state index in [4.69, 9.17) is 0 Å². The predicted octanol–water partition coefficient (Wildman–Crippen LogP) is -1.52. The summed E-state index contributed by atoms with van der Waals surface area (Å²) in [7, 11) is 3.70. The molecule has 0 radical (unpaired) electrons. The fourth-order valence-corrected chi connectivity index (χ4v) is 1.89. The largest absolute Gasteiger partial charge is 0.355 e. The number of nitrogens with zero attached hydrogens (tertiary/aromatic N) is 2. The van der Waals surface area contributed by atoms with E-state index in [1.807, 2.05) is 25.9 Å². The zero-order valence-corrected chi connectivity index (χ0v) is 10.8. The first kappa shape index (κ1) is 13.9. The molecule has 0 spiro atoms. The summed E-state index contributed by atoms with van der Waals surface area (Å²) in [5.74, 6) is -0.0699. The number of likely N-dealkylation sites (N-methyl/N-ethyl adjacent to an activating group) is 2. The Morgan fingerprint density at radius 3 is 2.76 bits per heavy atom. The summed E-state index contributed by atoms with van der Waals surface area (Å²) in [6.45, 7) is 4.68. The number of nitrogens with one attached hydrogen (secondary N) is 2. The third-order valence-electron chi connectivity index (χ3n) is 2.67. The molecule has 0 aromatic heterocycles. The normalized spacial score (nSPS) is 20.5. The molecule has 98 valence electrons. The van der Waals surface area contributed by atoms with E-state index < -0.39 is 0 Å². The smallest absolute Gasteiger partial charge is 0.244 e. The van der Waals surface area contributed by atoms with Gasteiger partial charge in [-0.1, -0.05) is 0 Å². The topological polar surface area (TPSA) is 64.7 Å². The average Bonchev–Trinajstić information content (AvgIpc) is 2.28. The van der Waals surface area contributed by atoms with Crippen LogP contribution in [0.15, 0.2) is 0 Å². The van der Waals surface area contributed by atoms with Crippen LogP contribution in [-0.4, -0.2) is 74.5 Å². The molecule has 1 atom stereocenters. The van der Waals surface area contributed by atoms with Crippen LogP contribution in [0.2, 0.25) is 0 Å². The molecule has 0 aromatic rings. The fourth-order valence-electron chi connectivity index (χ4n) is 1.89. The summed E-state index contributed by atoms with van der Waals surface area (Å²) in [6.07, 6.45) is 0. The van der Waals surface area contributed by atoms with Gasteiger partial charge < -0.3 is 20.4 Å². The molecule has 1 aliphatic rings. The van der Waals surface area contributed by atoms with Crippen LogP contribution in [0.25, 0.3) is 0 Å². The second-order valence-corrected chi connectivity index (χ2v) is 4.44. The maximum atomic E-state index is 12.0. The Kier molecular flexibility index (Phi) is 5.37. The Morgan fingerprint density at radius 2 is 2.18 bits per heavy atom. The summed E-state index contributed by atoms with van der Waals surface area (Å²) < 4.78 is 0. The molecule has 17 heavy (non-hydrogen) atoms. The molecule has 1 saturated heterocycles. The van der Waals surface area contributed by atoms with Crippen molar-refractivity contribution in [2.75, 3.05) is 46.8 Å². The van der Waals surface area contributed by atoms with Crippen molar-refractivity contribution in [2.24, 2.45) is 0 Å². The number of hydrogen-bond acceptors (Lipinski definition) is 4. The monoisotopic (exact) mass is 242 g/mol. The highest BCUT2D eigenvalue weighted by Crippen LogP contribution is 2.04. The van der Waals surface area contributed by atoms with Gasteiger partial charge in [0, 0.05) is 26.2 Å². The molecular formula is C11H22N4O2. The van der Waals surface area contributed by atoms with Crippen LogP contribution in [0.4, 0.5) is 0 Å². The number of carbonyl (C=O) groups excluding carboxylic acids is 2. The lowest BCUT2D eigenvalue weighted by atomic mass is 10.1. The molecule has 0 saturated carbocycles. The van der Waals surface area contributed by atoms with Crippen LogP contribution in [0.1, 0.15) is 6.92 Å². The Labute approximate surface area is 102 Å². The summed E-state index contributed by atoms with van der Waals surface area (Å²) in [5, 5.41) is 5.91. The van der Waals surface area contributed by atoms with Gasteiger partial charge in [0.15, 0.2) is 0 Å². The average molecular weight is 242 g/mol. The molecule has 1 fully saturated rings. The van der Waals surface area contributed by atoms with Crippen LogP contribution in [0, 0.1) is 0 Å². The van der Waals surface area contributed by atoms with E-state index in [-0.39, 0.29) is 17.9 Å². The summed E-state index contributed by atoms with van der Waals surface area (Å²) >= 11 is 0. The highest BCUT2D eigenvalue weighted by molar-refractivity contribution is 5.88. The van der Waals surface area contributed by atoms with Crippen molar-refractivity contribution in [3.63, 3.8) is 0 Å². The molecule has 6 heteroatoms. The first-order valence-electron chi connectivity index (χ1n) is 5.99. The van der Waals surface area contributed by atoms with Gasteiger partial charge in [0.05, 0.1) is 6.54 Å². The maximum absolute atomic E-state index is 12.0. The van der Waals surface area contributed by atoms with Crippen LogP contribution >= 0.6 is 0 Å². The lowest BCUT2D eigenvalue weighted by Gasteiger charge is -2.35. The third-order valence-corrected chi connectivity index (χ3v) is 2.67. The van der Waals surface area contributed by atoms with Crippen molar-refractivity contribution in [2.45, 2.75) is 13.0 Å². The zero-order valence-electron chi connectivity index (χ0n) is 10.8. The van der Waals surface area contributed by atoms with E-state index in [2.05, 4.69) is 10.6 Å². The van der Waals surface area contributed by atoms with Gasteiger partial charge in [-0.2, -0.15) is 0 Å². The lowest BCUT2D eigenvalue weighted by Crippen LogP contribution is -2.60. The van der Waals surface area contributed by atoms with Crippen LogP contribution in [0.3, 0.4) is 0 Å². The molecule has 1 unspecified atom stereocenters. The second-order valence-electron chi connectivity index (χ2n) is 4.44. The number of rotatable bonds is 4. The van der Waals surface area contributed by atoms with E-state index in [1.54, 1.807) is 4.90 Å². The molecular weight excluding hydrogens is 220 g/mol. The predicted molar refractivity (Wildman–Crippen MR) is 65.6 cm³/mol. The van der Waals surface area contributed by atoms with E-state index in [9.17, 15) is 9.59 Å². The van der Waals surface area contributed by atoms with Crippen molar-refractivity contribution in [3.05, 3.63) is 0 Å². The molecule has 1 rings (SSSR count). The first-order chi connectivity index (χ1) is 8.06. The van der Waals surface area contributed by atoms with E-state index in [0.29, 0.717) is 26.2 Å². The van der Waals surface area contributed by atoms with Gasteiger partial charge in [0.25, 0.3) is 0 Å². The number of amides is 2. The summed E-state index contributed by atoms with van der Waals surface area (Å²) in [4.78, 5) is 27.3. The Hall–Kier alpha value is -1.14. The highest BCUT2D eigenvalue weighted by atomic mass is 16.2. The van der Waals surface area contributed by atoms with Crippen molar-refractivity contribution in [3.8, 4) is 0 Å². The van der Waals surface area contributed by atoms with E-state index >= 15 is 0 Å². The van der Waals surface area contributed by atoms with Gasteiger partial charge in [-0.25, -0.2) is 0 Å². The first-order valence-corrected chi connectivity index (χ1v) is 5.99. The minimum Gasteiger partial charge on any atom is -0.355 e. The van der Waals surface area contributed by atoms with Crippen molar-refractivity contribution >= 4 is 11.8 Å². The number of piperazine rings is 1. The lowest BCUT2D eigenvalue weighted by molar-refractivity contribution is -0.142. The minimum atomic E-state index is -0.379.